The number of carbonyl (C=O) groups excluding carboxylic acids is 1. The van der Waals surface area contributed by atoms with Gasteiger partial charge in [-0.25, -0.2) is 4.98 Å². The van der Waals surface area contributed by atoms with Gasteiger partial charge < -0.3 is 10.3 Å². The van der Waals surface area contributed by atoms with Gasteiger partial charge in [0.25, 0.3) is 5.91 Å². The molecule has 3 aromatic carbocycles. The third-order valence-electron chi connectivity index (χ3n) is 3.82. The van der Waals surface area contributed by atoms with E-state index < -0.39 is 0 Å². The van der Waals surface area contributed by atoms with Crippen molar-refractivity contribution in [1.29, 1.82) is 0 Å². The number of hydrogen-bond donors (Lipinski definition) is 2. The predicted molar refractivity (Wildman–Crippen MR) is 103 cm³/mol. The molecule has 0 spiro atoms. The first-order chi connectivity index (χ1) is 11.8. The van der Waals surface area contributed by atoms with Crippen molar-refractivity contribution >= 4 is 35.0 Å². The Morgan fingerprint density at radius 3 is 2.44 bits per heavy atom. The Morgan fingerprint density at radius 1 is 0.880 bits per heavy atom. The lowest BCUT2D eigenvalue weighted by molar-refractivity contribution is 0.102. The average Bonchev–Trinajstić information content (AvgIpc) is 3.07. The number of carbonyl (C=O) groups is 1. The minimum Gasteiger partial charge on any atom is -0.338 e. The van der Waals surface area contributed by atoms with E-state index in [0.717, 1.165) is 28.1 Å². The first-order valence-corrected chi connectivity index (χ1v) is 7.71. The molecule has 0 fully saturated rings. The smallest absolute Gasteiger partial charge is 0.255 e. The number of aromatic nitrogens is 2. The van der Waals surface area contributed by atoms with Gasteiger partial charge in [0.2, 0.25) is 0 Å². The summed E-state index contributed by atoms with van der Waals surface area (Å²) in [6, 6.07) is 24.7. The maximum atomic E-state index is 12.3. The SMILES string of the molecule is Cl.O=C(Nc1cccc(-c2nc3ccccc3[nH]2)c1)c1ccccc1. The number of imidazole rings is 1. The van der Waals surface area contributed by atoms with Gasteiger partial charge in [-0.15, -0.1) is 12.4 Å². The summed E-state index contributed by atoms with van der Waals surface area (Å²) < 4.78 is 0. The number of nitrogens with one attached hydrogen (secondary N) is 2. The molecule has 4 nitrogen and oxygen atoms in total. The van der Waals surface area contributed by atoms with Crippen molar-refractivity contribution in [3.05, 3.63) is 84.4 Å². The van der Waals surface area contributed by atoms with Crippen molar-refractivity contribution in [2.75, 3.05) is 5.32 Å². The Hall–Kier alpha value is -3.11. The summed E-state index contributed by atoms with van der Waals surface area (Å²) in [4.78, 5) is 20.2. The third-order valence-corrected chi connectivity index (χ3v) is 3.82. The number of hydrogen-bond acceptors (Lipinski definition) is 2. The van der Waals surface area contributed by atoms with Crippen LogP contribution in [0.1, 0.15) is 10.4 Å². The van der Waals surface area contributed by atoms with Gasteiger partial charge in [-0.05, 0) is 36.4 Å². The van der Waals surface area contributed by atoms with Gasteiger partial charge in [0.15, 0.2) is 0 Å². The van der Waals surface area contributed by atoms with E-state index in [9.17, 15) is 4.79 Å². The van der Waals surface area contributed by atoms with Crippen molar-refractivity contribution in [3.8, 4) is 11.4 Å². The first-order valence-electron chi connectivity index (χ1n) is 7.71. The highest BCUT2D eigenvalue weighted by molar-refractivity contribution is 6.04. The maximum Gasteiger partial charge on any atom is 0.255 e. The largest absolute Gasteiger partial charge is 0.338 e. The minimum absolute atomic E-state index is 0. The molecule has 0 saturated heterocycles. The van der Waals surface area contributed by atoms with E-state index in [4.69, 9.17) is 0 Å². The van der Waals surface area contributed by atoms with E-state index in [-0.39, 0.29) is 18.3 Å². The van der Waals surface area contributed by atoms with Gasteiger partial charge in [0, 0.05) is 16.8 Å². The van der Waals surface area contributed by atoms with Crippen LogP contribution in [0.3, 0.4) is 0 Å². The van der Waals surface area contributed by atoms with E-state index in [1.54, 1.807) is 12.1 Å². The molecule has 0 aliphatic rings. The van der Waals surface area contributed by atoms with E-state index in [1.165, 1.54) is 0 Å². The normalized spacial score (nSPS) is 10.2. The second-order valence-electron chi connectivity index (χ2n) is 5.50. The van der Waals surface area contributed by atoms with Gasteiger partial charge in [-0.2, -0.15) is 0 Å². The fourth-order valence-corrected chi connectivity index (χ4v) is 2.63. The molecule has 2 N–H and O–H groups in total. The van der Waals surface area contributed by atoms with Crippen LogP contribution in [-0.2, 0) is 0 Å². The molecule has 1 aromatic heterocycles. The number of anilines is 1. The Bertz CT molecular complexity index is 979. The topological polar surface area (TPSA) is 57.8 Å². The van der Waals surface area contributed by atoms with Crippen molar-refractivity contribution in [3.63, 3.8) is 0 Å². The van der Waals surface area contributed by atoms with Crippen LogP contribution in [0.5, 0.6) is 0 Å². The van der Waals surface area contributed by atoms with Crippen LogP contribution in [0.25, 0.3) is 22.4 Å². The highest BCUT2D eigenvalue weighted by Crippen LogP contribution is 2.23. The highest BCUT2D eigenvalue weighted by atomic mass is 35.5. The van der Waals surface area contributed by atoms with Crippen molar-refractivity contribution in [1.82, 2.24) is 9.97 Å². The zero-order chi connectivity index (χ0) is 16.4. The third kappa shape index (κ3) is 3.54. The van der Waals surface area contributed by atoms with Crippen LogP contribution >= 0.6 is 12.4 Å². The second kappa shape index (κ2) is 7.20. The number of fused-ring (bicyclic) bond motifs is 1. The Labute approximate surface area is 151 Å². The second-order valence-corrected chi connectivity index (χ2v) is 5.50. The highest BCUT2D eigenvalue weighted by Gasteiger charge is 2.08. The molecule has 0 aliphatic heterocycles. The Morgan fingerprint density at radius 2 is 1.64 bits per heavy atom. The molecular weight excluding hydrogens is 334 g/mol. The van der Waals surface area contributed by atoms with Crippen LogP contribution < -0.4 is 5.32 Å². The molecule has 25 heavy (non-hydrogen) atoms. The van der Waals surface area contributed by atoms with Gasteiger partial charge >= 0.3 is 0 Å². The molecule has 0 atom stereocenters. The maximum absolute atomic E-state index is 12.3. The number of aromatic amines is 1. The van der Waals surface area contributed by atoms with Crippen LogP contribution in [0, 0.1) is 0 Å². The molecule has 0 radical (unpaired) electrons. The number of halogens is 1. The Kier molecular flexibility index (Phi) is 4.82. The number of rotatable bonds is 3. The lowest BCUT2D eigenvalue weighted by Crippen LogP contribution is -2.11. The van der Waals surface area contributed by atoms with Gasteiger partial charge in [-0.3, -0.25) is 4.79 Å². The molecule has 4 aromatic rings. The quantitative estimate of drug-likeness (QED) is 0.552. The molecule has 5 heteroatoms. The van der Waals surface area contributed by atoms with Crippen LogP contribution in [0.2, 0.25) is 0 Å². The van der Waals surface area contributed by atoms with Gasteiger partial charge in [-0.1, -0.05) is 42.5 Å². The molecule has 0 saturated carbocycles. The summed E-state index contributed by atoms with van der Waals surface area (Å²) in [5, 5.41) is 2.92. The summed E-state index contributed by atoms with van der Waals surface area (Å²) in [7, 11) is 0. The van der Waals surface area contributed by atoms with Crippen LogP contribution in [0.15, 0.2) is 78.9 Å². The molecule has 1 heterocycles. The van der Waals surface area contributed by atoms with Gasteiger partial charge in [0.05, 0.1) is 11.0 Å². The molecule has 4 rings (SSSR count). The minimum atomic E-state index is -0.127. The predicted octanol–water partition coefficient (Wildman–Crippen LogP) is 4.90. The van der Waals surface area contributed by atoms with Crippen LogP contribution in [0.4, 0.5) is 5.69 Å². The number of H-pyrrole nitrogens is 1. The zero-order valence-corrected chi connectivity index (χ0v) is 14.1. The zero-order valence-electron chi connectivity index (χ0n) is 13.3. The summed E-state index contributed by atoms with van der Waals surface area (Å²) in [6.07, 6.45) is 0. The molecule has 0 bridgehead atoms. The lowest BCUT2D eigenvalue weighted by atomic mass is 10.1. The monoisotopic (exact) mass is 349 g/mol. The Balaban J connectivity index is 0.00000182. The fourth-order valence-electron chi connectivity index (χ4n) is 2.63. The van der Waals surface area contributed by atoms with Crippen molar-refractivity contribution in [2.24, 2.45) is 0 Å². The number of amides is 1. The van der Waals surface area contributed by atoms with Crippen LogP contribution in [-0.4, -0.2) is 15.9 Å². The molecular formula is C20H16ClN3O. The summed E-state index contributed by atoms with van der Waals surface area (Å²) in [6.45, 7) is 0. The van der Waals surface area contributed by atoms with E-state index in [2.05, 4.69) is 15.3 Å². The van der Waals surface area contributed by atoms with Crippen molar-refractivity contribution in [2.45, 2.75) is 0 Å². The standard InChI is InChI=1S/C20H15N3O.ClH/c24-20(14-7-2-1-3-8-14)21-16-10-6-9-15(13-16)19-22-17-11-4-5-12-18(17)23-19;/h1-13H,(H,21,24)(H,22,23);1H. The first kappa shape index (κ1) is 16.7. The molecule has 0 unspecified atom stereocenters. The summed E-state index contributed by atoms with van der Waals surface area (Å²) in [5.74, 6) is 0.657. The van der Waals surface area contributed by atoms with E-state index in [0.29, 0.717) is 5.56 Å². The fraction of sp³-hybridized carbons (Fsp3) is 0. The molecule has 0 aliphatic carbocycles. The van der Waals surface area contributed by atoms with Crippen molar-refractivity contribution < 1.29 is 4.79 Å². The average molecular weight is 350 g/mol. The van der Waals surface area contributed by atoms with Gasteiger partial charge in [0.1, 0.15) is 5.82 Å². The lowest BCUT2D eigenvalue weighted by Gasteiger charge is -2.06. The summed E-state index contributed by atoms with van der Waals surface area (Å²) in [5.41, 5.74) is 4.21. The number of benzene rings is 3. The summed E-state index contributed by atoms with van der Waals surface area (Å²) >= 11 is 0. The number of nitrogens with zero attached hydrogens (tertiary/aromatic N) is 1. The molecule has 1 amide bonds. The number of para-hydroxylation sites is 2. The van der Waals surface area contributed by atoms with E-state index >= 15 is 0 Å². The molecule has 124 valence electrons. The van der Waals surface area contributed by atoms with E-state index in [1.807, 2.05) is 66.7 Å².